The third-order valence-electron chi connectivity index (χ3n) is 4.40. The maximum absolute atomic E-state index is 12.7. The van der Waals surface area contributed by atoms with Gasteiger partial charge in [0.15, 0.2) is 0 Å². The Morgan fingerprint density at radius 2 is 1.43 bits per heavy atom. The Morgan fingerprint density at radius 3 is 2.17 bits per heavy atom. The van der Waals surface area contributed by atoms with Crippen LogP contribution in [0, 0.1) is 0 Å². The molecule has 0 radical (unpaired) electrons. The van der Waals surface area contributed by atoms with Gasteiger partial charge in [-0.2, -0.15) is 4.31 Å². The van der Waals surface area contributed by atoms with Crippen molar-refractivity contribution in [2.24, 2.45) is 0 Å². The number of sulfonamides is 1. The minimum atomic E-state index is -3.33. The largest absolute Gasteiger partial charge is 0.243 e. The molecule has 1 fully saturated rings. The van der Waals surface area contributed by atoms with Gasteiger partial charge in [0.2, 0.25) is 10.0 Å². The molecule has 3 nitrogen and oxygen atoms in total. The molecular weight excluding hydrogens is 306 g/mol. The first-order valence-corrected chi connectivity index (χ1v) is 9.73. The number of rotatable bonds is 5. The topological polar surface area (TPSA) is 37.4 Å². The minimum Gasteiger partial charge on any atom is -0.207 e. The van der Waals surface area contributed by atoms with Gasteiger partial charge in [-0.15, -0.1) is 0 Å². The van der Waals surface area contributed by atoms with Gasteiger partial charge < -0.3 is 0 Å². The summed E-state index contributed by atoms with van der Waals surface area (Å²) in [6, 6.07) is 17.7. The van der Waals surface area contributed by atoms with E-state index in [2.05, 4.69) is 12.1 Å². The average molecular weight is 329 g/mol. The number of nitrogens with zero attached hydrogens (tertiary/aromatic N) is 1. The molecule has 1 aliphatic heterocycles. The van der Waals surface area contributed by atoms with Crippen LogP contribution in [-0.2, 0) is 22.9 Å². The normalized spacial score (nSPS) is 16.3. The van der Waals surface area contributed by atoms with Gasteiger partial charge in [-0.25, -0.2) is 8.42 Å². The number of hydrogen-bond acceptors (Lipinski definition) is 2. The molecule has 2 aromatic carbocycles. The summed E-state index contributed by atoms with van der Waals surface area (Å²) in [5, 5.41) is 0. The van der Waals surface area contributed by atoms with E-state index in [1.165, 1.54) is 5.56 Å². The van der Waals surface area contributed by atoms with E-state index in [1.807, 2.05) is 36.4 Å². The van der Waals surface area contributed by atoms with Crippen molar-refractivity contribution >= 4 is 10.0 Å². The maximum atomic E-state index is 12.7. The number of piperidine rings is 1. The fourth-order valence-corrected chi connectivity index (χ4v) is 4.64. The molecule has 23 heavy (non-hydrogen) atoms. The van der Waals surface area contributed by atoms with Crippen molar-refractivity contribution in [3.05, 3.63) is 65.7 Å². The molecule has 0 aliphatic carbocycles. The van der Waals surface area contributed by atoms with Crippen LogP contribution in [0.5, 0.6) is 0 Å². The lowest BCUT2D eigenvalue weighted by molar-refractivity contribution is 0.346. The Balaban J connectivity index is 1.74. The van der Waals surface area contributed by atoms with Gasteiger partial charge in [0.25, 0.3) is 0 Å². The summed E-state index contributed by atoms with van der Waals surface area (Å²) in [6.07, 6.45) is 4.84. The number of benzene rings is 2. The molecule has 0 aromatic heterocycles. The lowest BCUT2D eigenvalue weighted by atomic mass is 10.0. The molecule has 0 amide bonds. The van der Waals surface area contributed by atoms with Crippen LogP contribution in [-0.4, -0.2) is 25.8 Å². The van der Waals surface area contributed by atoms with E-state index in [1.54, 1.807) is 10.4 Å². The Labute approximate surface area is 139 Å². The lowest BCUT2D eigenvalue weighted by Gasteiger charge is -2.26. The molecule has 1 heterocycles. The molecule has 0 bridgehead atoms. The highest BCUT2D eigenvalue weighted by atomic mass is 32.2. The van der Waals surface area contributed by atoms with Crippen molar-refractivity contribution in [1.29, 1.82) is 0 Å². The molecule has 1 saturated heterocycles. The standard InChI is InChI=1S/C19H23NO2S/c21-23(22,20-14-5-2-6-15-20)19-11-7-10-18(16-19)13-12-17-8-3-1-4-9-17/h1,3-4,7-11,16H,2,5-6,12-15H2. The highest BCUT2D eigenvalue weighted by molar-refractivity contribution is 7.89. The highest BCUT2D eigenvalue weighted by Crippen LogP contribution is 2.21. The van der Waals surface area contributed by atoms with Crippen molar-refractivity contribution in [2.45, 2.75) is 37.0 Å². The van der Waals surface area contributed by atoms with Crippen LogP contribution >= 0.6 is 0 Å². The molecule has 3 rings (SSSR count). The van der Waals surface area contributed by atoms with Gasteiger partial charge in [-0.1, -0.05) is 48.9 Å². The van der Waals surface area contributed by atoms with Crippen molar-refractivity contribution in [1.82, 2.24) is 4.31 Å². The van der Waals surface area contributed by atoms with Crippen molar-refractivity contribution < 1.29 is 8.42 Å². The molecule has 0 atom stereocenters. The molecule has 0 spiro atoms. The fourth-order valence-electron chi connectivity index (χ4n) is 3.05. The quantitative estimate of drug-likeness (QED) is 0.840. The molecule has 2 aromatic rings. The first-order chi connectivity index (χ1) is 11.2. The maximum Gasteiger partial charge on any atom is 0.243 e. The monoisotopic (exact) mass is 329 g/mol. The molecule has 122 valence electrons. The molecule has 0 unspecified atom stereocenters. The SMILES string of the molecule is O=S(=O)(c1cccc(CCc2ccccc2)c1)N1CCCCC1. The van der Waals surface area contributed by atoms with E-state index in [4.69, 9.17) is 0 Å². The van der Waals surface area contributed by atoms with Gasteiger partial charge in [0.05, 0.1) is 4.90 Å². The summed E-state index contributed by atoms with van der Waals surface area (Å²) >= 11 is 0. The second-order valence-corrected chi connectivity index (χ2v) is 8.04. The minimum absolute atomic E-state index is 0.435. The Morgan fingerprint density at radius 1 is 0.783 bits per heavy atom. The van der Waals surface area contributed by atoms with Gasteiger partial charge in [-0.3, -0.25) is 0 Å². The van der Waals surface area contributed by atoms with Crippen LogP contribution in [0.1, 0.15) is 30.4 Å². The predicted octanol–water partition coefficient (Wildman–Crippen LogP) is 3.65. The lowest BCUT2D eigenvalue weighted by Crippen LogP contribution is -2.35. The number of aryl methyl sites for hydroxylation is 2. The van der Waals surface area contributed by atoms with Crippen LogP contribution < -0.4 is 0 Å². The summed E-state index contributed by atoms with van der Waals surface area (Å²) in [5.41, 5.74) is 2.35. The predicted molar refractivity (Wildman–Crippen MR) is 92.9 cm³/mol. The van der Waals surface area contributed by atoms with Gasteiger partial charge >= 0.3 is 0 Å². The molecule has 0 saturated carbocycles. The van der Waals surface area contributed by atoms with E-state index in [9.17, 15) is 8.42 Å². The van der Waals surface area contributed by atoms with Crippen molar-refractivity contribution in [2.75, 3.05) is 13.1 Å². The van der Waals surface area contributed by atoms with Crippen LogP contribution in [0.2, 0.25) is 0 Å². The smallest absolute Gasteiger partial charge is 0.207 e. The van der Waals surface area contributed by atoms with Crippen LogP contribution in [0.3, 0.4) is 0 Å². The van der Waals surface area contributed by atoms with E-state index in [0.29, 0.717) is 18.0 Å². The third kappa shape index (κ3) is 4.01. The summed E-state index contributed by atoms with van der Waals surface area (Å²) in [5.74, 6) is 0. The van der Waals surface area contributed by atoms with Crippen LogP contribution in [0.25, 0.3) is 0 Å². The van der Waals surface area contributed by atoms with E-state index >= 15 is 0 Å². The van der Waals surface area contributed by atoms with Crippen LogP contribution in [0.15, 0.2) is 59.5 Å². The van der Waals surface area contributed by atoms with Gasteiger partial charge in [-0.05, 0) is 48.9 Å². The van der Waals surface area contributed by atoms with Gasteiger partial charge in [0.1, 0.15) is 0 Å². The summed E-state index contributed by atoms with van der Waals surface area (Å²) in [4.78, 5) is 0.435. The Bertz CT molecular complexity index is 735. The molecule has 0 N–H and O–H groups in total. The van der Waals surface area contributed by atoms with Crippen molar-refractivity contribution in [3.63, 3.8) is 0 Å². The summed E-state index contributed by atoms with van der Waals surface area (Å²) in [6.45, 7) is 1.30. The zero-order chi connectivity index (χ0) is 16.1. The Hall–Kier alpha value is -1.65. The van der Waals surface area contributed by atoms with E-state index in [0.717, 1.165) is 37.7 Å². The first kappa shape index (κ1) is 16.2. The molecule has 1 aliphatic rings. The van der Waals surface area contributed by atoms with Crippen molar-refractivity contribution in [3.8, 4) is 0 Å². The van der Waals surface area contributed by atoms with E-state index < -0.39 is 10.0 Å². The zero-order valence-electron chi connectivity index (χ0n) is 13.3. The second kappa shape index (κ2) is 7.28. The molecular formula is C19H23NO2S. The van der Waals surface area contributed by atoms with Gasteiger partial charge in [0, 0.05) is 13.1 Å². The summed E-state index contributed by atoms with van der Waals surface area (Å²) < 4.78 is 27.1. The average Bonchev–Trinajstić information content (AvgIpc) is 2.62. The zero-order valence-corrected chi connectivity index (χ0v) is 14.1. The second-order valence-electron chi connectivity index (χ2n) is 6.10. The Kier molecular flexibility index (Phi) is 5.13. The summed E-state index contributed by atoms with van der Waals surface area (Å²) in [7, 11) is -3.33. The fraction of sp³-hybridized carbons (Fsp3) is 0.368. The molecule has 4 heteroatoms. The first-order valence-electron chi connectivity index (χ1n) is 8.29. The number of hydrogen-bond donors (Lipinski definition) is 0. The third-order valence-corrected chi connectivity index (χ3v) is 6.29. The van der Waals surface area contributed by atoms with E-state index in [-0.39, 0.29) is 0 Å². The van der Waals surface area contributed by atoms with Crippen LogP contribution in [0.4, 0.5) is 0 Å². The highest BCUT2D eigenvalue weighted by Gasteiger charge is 2.25.